The van der Waals surface area contributed by atoms with E-state index in [4.69, 9.17) is 26.5 Å². The molecule has 2 aromatic carbocycles. The summed E-state index contributed by atoms with van der Waals surface area (Å²) >= 11 is 5.92. The van der Waals surface area contributed by atoms with Gasteiger partial charge in [-0.3, -0.25) is 14.7 Å². The molecule has 0 saturated carbocycles. The van der Waals surface area contributed by atoms with Gasteiger partial charge in [-0.25, -0.2) is 4.98 Å². The van der Waals surface area contributed by atoms with Crippen molar-refractivity contribution in [2.45, 2.75) is 44.5 Å². The van der Waals surface area contributed by atoms with Gasteiger partial charge in [0.15, 0.2) is 11.3 Å². The highest BCUT2D eigenvalue weighted by Crippen LogP contribution is 2.36. The van der Waals surface area contributed by atoms with Crippen molar-refractivity contribution in [2.75, 3.05) is 11.4 Å². The van der Waals surface area contributed by atoms with E-state index in [0.29, 0.717) is 34.8 Å². The van der Waals surface area contributed by atoms with Crippen LogP contribution in [0.3, 0.4) is 0 Å². The van der Waals surface area contributed by atoms with Crippen molar-refractivity contribution in [3.63, 3.8) is 0 Å². The van der Waals surface area contributed by atoms with E-state index in [1.54, 1.807) is 48.5 Å². The van der Waals surface area contributed by atoms with Crippen LogP contribution in [0.2, 0.25) is 5.02 Å². The van der Waals surface area contributed by atoms with Crippen LogP contribution in [0.1, 0.15) is 53.3 Å². The lowest BCUT2D eigenvalue weighted by Gasteiger charge is -2.27. The number of aryl methyl sites for hydroxylation is 1. The van der Waals surface area contributed by atoms with Gasteiger partial charge >= 0.3 is 18.2 Å². The second-order valence-corrected chi connectivity index (χ2v) is 10.2. The van der Waals surface area contributed by atoms with Crippen LogP contribution in [-0.2, 0) is 17.4 Å². The first kappa shape index (κ1) is 31.7. The van der Waals surface area contributed by atoms with Gasteiger partial charge in [-0.1, -0.05) is 35.6 Å². The molecule has 4 aromatic rings. The summed E-state index contributed by atoms with van der Waals surface area (Å²) in [6, 6.07) is 17.3. The van der Waals surface area contributed by atoms with Crippen LogP contribution < -0.4 is 15.0 Å². The fourth-order valence-electron chi connectivity index (χ4n) is 4.56. The van der Waals surface area contributed by atoms with Gasteiger partial charge in [0.25, 0.3) is 0 Å². The predicted molar refractivity (Wildman–Crippen MR) is 143 cm³/mol. The lowest BCUT2D eigenvalue weighted by molar-refractivity contribution is -0.418. The van der Waals surface area contributed by atoms with Crippen molar-refractivity contribution in [3.8, 4) is 0 Å². The molecule has 5 rings (SSSR count). The third-order valence-corrected chi connectivity index (χ3v) is 6.87. The minimum absolute atomic E-state index is 0.00199. The number of H-pyrrole nitrogens is 1. The third-order valence-electron chi connectivity index (χ3n) is 6.62. The fourth-order valence-corrected chi connectivity index (χ4v) is 4.68. The van der Waals surface area contributed by atoms with Crippen LogP contribution in [0.4, 0.5) is 37.8 Å². The lowest BCUT2D eigenvalue weighted by Crippen LogP contribution is -2.37. The average molecular weight is 625 g/mol. The summed E-state index contributed by atoms with van der Waals surface area (Å²) in [5.41, 5.74) is 3.19. The monoisotopic (exact) mass is 624 g/mol. The molecule has 7 nitrogen and oxygen atoms in total. The molecule has 43 heavy (non-hydrogen) atoms. The van der Waals surface area contributed by atoms with Crippen LogP contribution in [0.15, 0.2) is 60.7 Å². The number of anilines is 2. The van der Waals surface area contributed by atoms with Crippen LogP contribution >= 0.6 is 11.6 Å². The van der Waals surface area contributed by atoms with E-state index in [1.807, 2.05) is 24.0 Å². The molecule has 0 aliphatic carbocycles. The Bertz CT molecular complexity index is 1640. The number of Topliss-reactive ketones (excluding diaryl/α,β-unsaturated/α-hetero) is 1. The maximum atomic E-state index is 13.6. The van der Waals surface area contributed by atoms with Crippen LogP contribution in [0, 0.1) is 0 Å². The molecule has 0 fully saturated rings. The quantitative estimate of drug-likeness (QED) is 0.203. The molecular formula is C29H23ClF6N4O3. The molecule has 1 atom stereocenters. The number of carbonyl (C=O) groups is 2. The van der Waals surface area contributed by atoms with Gasteiger partial charge in [0.2, 0.25) is 5.82 Å². The molecule has 2 aromatic heterocycles. The number of para-hydroxylation sites is 1. The average Bonchev–Trinajstić information content (AvgIpc) is 2.95. The number of nitrogens with one attached hydrogen (secondary N) is 1. The summed E-state index contributed by atoms with van der Waals surface area (Å²) < 4.78 is 72.3. The van der Waals surface area contributed by atoms with Crippen molar-refractivity contribution in [3.05, 3.63) is 88.5 Å². The summed E-state index contributed by atoms with van der Waals surface area (Å²) in [7, 11) is 0. The number of aromatic nitrogens is 3. The largest absolute Gasteiger partial charge is 0.542 e. The Balaban J connectivity index is 0.000000541. The van der Waals surface area contributed by atoms with E-state index in [-0.39, 0.29) is 23.6 Å². The molecule has 0 saturated heterocycles. The number of carboxylic acids is 1. The number of hydrogen-bond acceptors (Lipinski definition) is 6. The number of fused-ring (bicyclic) bond motifs is 2. The molecule has 226 valence electrons. The summed E-state index contributed by atoms with van der Waals surface area (Å²) in [5, 5.41) is 9.96. The minimum atomic E-state index is -5.19. The molecule has 1 aliphatic rings. The fraction of sp³-hybridized carbons (Fsp3) is 0.276. The molecule has 0 spiro atoms. The minimum Gasteiger partial charge on any atom is -0.542 e. The lowest BCUT2D eigenvalue weighted by atomic mass is 9.95. The van der Waals surface area contributed by atoms with Gasteiger partial charge in [0, 0.05) is 28.6 Å². The van der Waals surface area contributed by atoms with E-state index < -0.39 is 24.1 Å². The van der Waals surface area contributed by atoms with Gasteiger partial charge in [-0.15, -0.1) is 0 Å². The van der Waals surface area contributed by atoms with Crippen LogP contribution in [-0.4, -0.2) is 34.4 Å². The molecule has 1 aliphatic heterocycles. The second-order valence-electron chi connectivity index (χ2n) is 9.73. The smallest absolute Gasteiger partial charge is 0.482 e. The Morgan fingerprint density at radius 2 is 1.65 bits per heavy atom. The second kappa shape index (κ2) is 12.5. The molecule has 0 radical (unpaired) electrons. The number of aliphatic carboxylic acids is 1. The highest BCUT2D eigenvalue weighted by atomic mass is 35.5. The van der Waals surface area contributed by atoms with E-state index in [2.05, 4.69) is 9.97 Å². The number of ketones is 1. The van der Waals surface area contributed by atoms with Crippen molar-refractivity contribution >= 4 is 45.8 Å². The molecule has 14 heteroatoms. The Morgan fingerprint density at radius 3 is 2.28 bits per heavy atom. The van der Waals surface area contributed by atoms with E-state index >= 15 is 0 Å². The zero-order valence-electron chi connectivity index (χ0n) is 22.4. The first-order valence-corrected chi connectivity index (χ1v) is 13.3. The number of alkyl halides is 6. The zero-order chi connectivity index (χ0) is 31.5. The van der Waals surface area contributed by atoms with Crippen molar-refractivity contribution in [2.24, 2.45) is 0 Å². The van der Waals surface area contributed by atoms with E-state index in [1.165, 1.54) is 0 Å². The van der Waals surface area contributed by atoms with Crippen LogP contribution in [0.25, 0.3) is 10.9 Å². The molecular weight excluding hydrogens is 602 g/mol. The highest BCUT2D eigenvalue weighted by molar-refractivity contribution is 6.30. The molecule has 3 heterocycles. The number of benzene rings is 2. The predicted octanol–water partition coefficient (Wildman–Crippen LogP) is 5.88. The number of rotatable bonds is 5. The number of halogens is 7. The Kier molecular flexibility index (Phi) is 9.24. The highest BCUT2D eigenvalue weighted by Gasteiger charge is 2.41. The SMILES string of the molecule is CC(CC(=O)c1ccc(Cl)cc1)c1ccc2c(n1)CCCN2c1[nH+]c(C(F)(F)F)nc2ccccc12.O=C([O-])C(F)(F)F. The molecule has 1 unspecified atom stereocenters. The molecule has 1 N–H and O–H groups in total. The van der Waals surface area contributed by atoms with Crippen molar-refractivity contribution in [1.29, 1.82) is 0 Å². The number of aromatic amines is 1. The number of pyridine rings is 1. The number of nitrogens with zero attached hydrogens (tertiary/aromatic N) is 3. The maximum absolute atomic E-state index is 13.6. The van der Waals surface area contributed by atoms with E-state index in [9.17, 15) is 31.1 Å². The van der Waals surface area contributed by atoms with Gasteiger partial charge in [-0.2, -0.15) is 26.3 Å². The zero-order valence-corrected chi connectivity index (χ0v) is 23.1. The Labute approximate surface area is 246 Å². The standard InChI is InChI=1S/C27H22ClF3N4O.C2HF3O2/c1-16(15-24(36)17-8-10-18(28)11-9-17)20-12-13-23-22(32-20)7-4-14-35(23)25-19-5-2-3-6-21(19)33-26(34-25)27(29,30)31;3-2(4,5)1(6)7/h2-3,5-6,8-13,16H,4,7,14-15H2,1H3;(H,6,7). The maximum Gasteiger partial charge on any atom is 0.482 e. The van der Waals surface area contributed by atoms with E-state index in [0.717, 1.165) is 23.5 Å². The summed E-state index contributed by atoms with van der Waals surface area (Å²) in [5.74, 6) is -3.83. The first-order chi connectivity index (χ1) is 20.1. The topological polar surface area (TPSA) is 100 Å². The Hall–Kier alpha value is -4.26. The van der Waals surface area contributed by atoms with Gasteiger partial charge in [0.1, 0.15) is 11.7 Å². The summed E-state index contributed by atoms with van der Waals surface area (Å²) in [4.78, 5) is 34.5. The van der Waals surface area contributed by atoms with Crippen molar-refractivity contribution < 1.29 is 46.0 Å². The number of carbonyl (C=O) groups excluding carboxylic acids is 2. The Morgan fingerprint density at radius 1 is 1.00 bits per heavy atom. The first-order valence-electron chi connectivity index (χ1n) is 12.9. The van der Waals surface area contributed by atoms with Gasteiger partial charge in [0.05, 0.1) is 17.6 Å². The van der Waals surface area contributed by atoms with Crippen LogP contribution in [0.5, 0.6) is 0 Å². The summed E-state index contributed by atoms with van der Waals surface area (Å²) in [6.07, 6.45) is -8.08. The van der Waals surface area contributed by atoms with Gasteiger partial charge in [-0.05, 0) is 61.4 Å². The molecule has 0 amide bonds. The number of hydrogen-bond donors (Lipinski definition) is 0. The third kappa shape index (κ3) is 7.58. The normalized spacial score (nSPS) is 14.0. The van der Waals surface area contributed by atoms with Gasteiger partial charge < -0.3 is 9.90 Å². The summed E-state index contributed by atoms with van der Waals surface area (Å²) in [6.45, 7) is 2.49. The van der Waals surface area contributed by atoms with Crippen molar-refractivity contribution in [1.82, 2.24) is 9.97 Å². The number of carboxylic acid groups (broad SMARTS) is 1. The molecule has 0 bridgehead atoms.